The quantitative estimate of drug-likeness (QED) is 0.398. The SMILES string of the molecule is COCOc1cc(C=O)c(CC=C(C)C)c(OCOC)c1. The van der Waals surface area contributed by atoms with Crippen molar-refractivity contribution in [2.75, 3.05) is 27.8 Å². The fourth-order valence-electron chi connectivity index (χ4n) is 1.73. The summed E-state index contributed by atoms with van der Waals surface area (Å²) in [6.45, 7) is 4.22. The minimum Gasteiger partial charge on any atom is -0.467 e. The first-order chi connectivity index (χ1) is 10.1. The minimum absolute atomic E-state index is 0.105. The van der Waals surface area contributed by atoms with E-state index in [1.165, 1.54) is 12.7 Å². The zero-order valence-corrected chi connectivity index (χ0v) is 13.0. The number of rotatable bonds is 9. The van der Waals surface area contributed by atoms with Gasteiger partial charge >= 0.3 is 0 Å². The average Bonchev–Trinajstić information content (AvgIpc) is 2.48. The highest BCUT2D eigenvalue weighted by Gasteiger charge is 2.12. The van der Waals surface area contributed by atoms with E-state index >= 15 is 0 Å². The molecule has 0 amide bonds. The maximum Gasteiger partial charge on any atom is 0.188 e. The van der Waals surface area contributed by atoms with Crippen molar-refractivity contribution in [3.05, 3.63) is 34.9 Å². The summed E-state index contributed by atoms with van der Waals surface area (Å²) in [6, 6.07) is 3.42. The lowest BCUT2D eigenvalue weighted by Crippen LogP contribution is -2.06. The molecule has 5 heteroatoms. The fourth-order valence-corrected chi connectivity index (χ4v) is 1.73. The lowest BCUT2D eigenvalue weighted by molar-refractivity contribution is 0.0455. The molecule has 5 nitrogen and oxygen atoms in total. The Morgan fingerprint density at radius 2 is 1.76 bits per heavy atom. The first-order valence-electron chi connectivity index (χ1n) is 6.61. The van der Waals surface area contributed by atoms with E-state index in [0.717, 1.165) is 11.8 Å². The van der Waals surface area contributed by atoms with Gasteiger partial charge in [-0.3, -0.25) is 4.79 Å². The summed E-state index contributed by atoms with van der Waals surface area (Å²) >= 11 is 0. The van der Waals surface area contributed by atoms with Gasteiger partial charge in [0.2, 0.25) is 0 Å². The lowest BCUT2D eigenvalue weighted by Gasteiger charge is -2.14. The van der Waals surface area contributed by atoms with Gasteiger partial charge in [0, 0.05) is 31.4 Å². The molecule has 0 spiro atoms. The molecule has 0 saturated heterocycles. The maximum absolute atomic E-state index is 11.3. The van der Waals surface area contributed by atoms with Crippen LogP contribution < -0.4 is 9.47 Å². The highest BCUT2D eigenvalue weighted by atomic mass is 16.7. The van der Waals surface area contributed by atoms with Gasteiger partial charge in [-0.05, 0) is 26.3 Å². The number of hydrogen-bond acceptors (Lipinski definition) is 5. The van der Waals surface area contributed by atoms with E-state index in [1.807, 2.05) is 19.9 Å². The summed E-state index contributed by atoms with van der Waals surface area (Å²) < 4.78 is 20.7. The van der Waals surface area contributed by atoms with E-state index in [9.17, 15) is 4.79 Å². The molecule has 1 rings (SSSR count). The van der Waals surface area contributed by atoms with Crippen molar-refractivity contribution < 1.29 is 23.7 Å². The monoisotopic (exact) mass is 294 g/mol. The first-order valence-corrected chi connectivity index (χ1v) is 6.61. The Morgan fingerprint density at radius 1 is 1.10 bits per heavy atom. The Bertz CT molecular complexity index is 490. The molecule has 0 saturated carbocycles. The molecule has 0 N–H and O–H groups in total. The molecule has 0 unspecified atom stereocenters. The van der Waals surface area contributed by atoms with Crippen LogP contribution in [0.2, 0.25) is 0 Å². The van der Waals surface area contributed by atoms with Gasteiger partial charge in [0.25, 0.3) is 0 Å². The summed E-state index contributed by atoms with van der Waals surface area (Å²) in [5, 5.41) is 0. The van der Waals surface area contributed by atoms with E-state index in [-0.39, 0.29) is 13.6 Å². The molecule has 0 aromatic heterocycles. The van der Waals surface area contributed by atoms with E-state index in [0.29, 0.717) is 23.5 Å². The predicted octanol–water partition coefficient (Wildman–Crippen LogP) is 2.97. The molecule has 0 aliphatic rings. The van der Waals surface area contributed by atoms with Crippen molar-refractivity contribution in [2.24, 2.45) is 0 Å². The van der Waals surface area contributed by atoms with E-state index < -0.39 is 0 Å². The van der Waals surface area contributed by atoms with Gasteiger partial charge in [0.05, 0.1) is 0 Å². The molecule has 0 bridgehead atoms. The van der Waals surface area contributed by atoms with Crippen LogP contribution >= 0.6 is 0 Å². The number of benzene rings is 1. The zero-order valence-electron chi connectivity index (χ0n) is 13.0. The number of carbonyl (C=O) groups is 1. The fraction of sp³-hybridized carbons (Fsp3) is 0.438. The van der Waals surface area contributed by atoms with E-state index in [2.05, 4.69) is 0 Å². The van der Waals surface area contributed by atoms with Crippen molar-refractivity contribution in [1.29, 1.82) is 0 Å². The Kier molecular flexibility index (Phi) is 7.50. The summed E-state index contributed by atoms with van der Waals surface area (Å²) in [4.78, 5) is 11.3. The summed E-state index contributed by atoms with van der Waals surface area (Å²) in [5.41, 5.74) is 2.52. The standard InChI is InChI=1S/C16H22O5/c1-12(2)5-6-15-13(9-17)7-14(20-10-18-3)8-16(15)21-11-19-4/h5,7-9H,6,10-11H2,1-4H3. The largest absolute Gasteiger partial charge is 0.467 e. The highest BCUT2D eigenvalue weighted by Crippen LogP contribution is 2.29. The third-order valence-corrected chi connectivity index (χ3v) is 2.73. The van der Waals surface area contributed by atoms with Gasteiger partial charge in [-0.25, -0.2) is 0 Å². The normalized spacial score (nSPS) is 10.1. The highest BCUT2D eigenvalue weighted by molar-refractivity contribution is 5.80. The van der Waals surface area contributed by atoms with Crippen LogP contribution in [0.25, 0.3) is 0 Å². The van der Waals surface area contributed by atoms with Crippen molar-refractivity contribution in [3.8, 4) is 11.5 Å². The molecular formula is C16H22O5. The Morgan fingerprint density at radius 3 is 2.33 bits per heavy atom. The minimum atomic E-state index is 0.105. The van der Waals surface area contributed by atoms with Crippen LogP contribution in [-0.2, 0) is 15.9 Å². The number of allylic oxidation sites excluding steroid dienone is 2. The molecule has 1 aromatic rings. The van der Waals surface area contributed by atoms with Crippen LogP contribution in [0.1, 0.15) is 29.8 Å². The van der Waals surface area contributed by atoms with Crippen molar-refractivity contribution in [3.63, 3.8) is 0 Å². The van der Waals surface area contributed by atoms with Gasteiger partial charge in [0.15, 0.2) is 19.9 Å². The number of carbonyl (C=O) groups excluding carboxylic acids is 1. The second-order valence-electron chi connectivity index (χ2n) is 4.69. The Hall–Kier alpha value is -1.85. The molecule has 0 fully saturated rings. The van der Waals surface area contributed by atoms with E-state index in [4.69, 9.17) is 18.9 Å². The lowest BCUT2D eigenvalue weighted by atomic mass is 10.0. The average molecular weight is 294 g/mol. The topological polar surface area (TPSA) is 54.0 Å². The number of ether oxygens (including phenoxy) is 4. The molecule has 21 heavy (non-hydrogen) atoms. The molecule has 0 atom stereocenters. The molecule has 0 radical (unpaired) electrons. The predicted molar refractivity (Wildman–Crippen MR) is 80.0 cm³/mol. The van der Waals surface area contributed by atoms with Crippen LogP contribution in [0.3, 0.4) is 0 Å². The van der Waals surface area contributed by atoms with Gasteiger partial charge in [-0.15, -0.1) is 0 Å². The van der Waals surface area contributed by atoms with Crippen molar-refractivity contribution in [2.45, 2.75) is 20.3 Å². The molecule has 0 aliphatic carbocycles. The summed E-state index contributed by atoms with van der Waals surface area (Å²) in [7, 11) is 3.08. The van der Waals surface area contributed by atoms with Crippen LogP contribution in [-0.4, -0.2) is 34.1 Å². The third kappa shape index (κ3) is 5.57. The van der Waals surface area contributed by atoms with E-state index in [1.54, 1.807) is 19.2 Å². The number of aldehydes is 1. The first kappa shape index (κ1) is 17.2. The molecule has 1 aromatic carbocycles. The number of hydrogen-bond donors (Lipinski definition) is 0. The molecular weight excluding hydrogens is 272 g/mol. The second kappa shape index (κ2) is 9.15. The van der Waals surface area contributed by atoms with Gasteiger partial charge in [-0.1, -0.05) is 11.6 Å². The van der Waals surface area contributed by atoms with Gasteiger partial charge < -0.3 is 18.9 Å². The Balaban J connectivity index is 3.15. The van der Waals surface area contributed by atoms with Crippen LogP contribution in [0.15, 0.2) is 23.8 Å². The summed E-state index contributed by atoms with van der Waals surface area (Å²) in [5.74, 6) is 1.09. The third-order valence-electron chi connectivity index (χ3n) is 2.73. The summed E-state index contributed by atoms with van der Waals surface area (Å²) in [6.07, 6.45) is 3.45. The Labute approximate surface area is 125 Å². The smallest absolute Gasteiger partial charge is 0.188 e. The van der Waals surface area contributed by atoms with Crippen molar-refractivity contribution in [1.82, 2.24) is 0 Å². The zero-order chi connectivity index (χ0) is 15.7. The van der Waals surface area contributed by atoms with Crippen molar-refractivity contribution >= 4 is 6.29 Å². The number of methoxy groups -OCH3 is 2. The second-order valence-corrected chi connectivity index (χ2v) is 4.69. The van der Waals surface area contributed by atoms with Gasteiger partial charge in [0.1, 0.15) is 11.5 Å². The molecule has 0 heterocycles. The maximum atomic E-state index is 11.3. The van der Waals surface area contributed by atoms with Crippen LogP contribution in [0.4, 0.5) is 0 Å². The van der Waals surface area contributed by atoms with Crippen LogP contribution in [0.5, 0.6) is 11.5 Å². The van der Waals surface area contributed by atoms with Crippen LogP contribution in [0, 0.1) is 0 Å². The molecule has 116 valence electrons. The molecule has 0 aliphatic heterocycles. The van der Waals surface area contributed by atoms with Gasteiger partial charge in [-0.2, -0.15) is 0 Å².